The van der Waals surface area contributed by atoms with Crippen molar-refractivity contribution in [3.63, 3.8) is 0 Å². The molecule has 0 spiro atoms. The third kappa shape index (κ3) is 2.53. The van der Waals surface area contributed by atoms with Crippen molar-refractivity contribution in [1.29, 1.82) is 0 Å². The first-order valence-corrected chi connectivity index (χ1v) is 7.83. The molecule has 5 heteroatoms. The molecule has 0 saturated carbocycles. The van der Waals surface area contributed by atoms with Crippen LogP contribution in [0.5, 0.6) is 0 Å². The van der Waals surface area contributed by atoms with E-state index in [1.54, 1.807) is 0 Å². The van der Waals surface area contributed by atoms with E-state index >= 15 is 0 Å². The van der Waals surface area contributed by atoms with Crippen LogP contribution >= 0.6 is 11.3 Å². The molecule has 1 aliphatic rings. The zero-order chi connectivity index (χ0) is 15.0. The van der Waals surface area contributed by atoms with Crippen molar-refractivity contribution in [3.05, 3.63) is 40.4 Å². The Morgan fingerprint density at radius 2 is 2.19 bits per heavy atom. The molecule has 0 bridgehead atoms. The van der Waals surface area contributed by atoms with Gasteiger partial charge in [0.25, 0.3) is 0 Å². The van der Waals surface area contributed by atoms with Crippen molar-refractivity contribution in [3.8, 4) is 0 Å². The molecule has 0 amide bonds. The number of fused-ring (bicyclic) bond motifs is 1. The number of nitrogens with zero attached hydrogens (tertiary/aromatic N) is 2. The van der Waals surface area contributed by atoms with Crippen LogP contribution in [0.4, 0.5) is 10.8 Å². The van der Waals surface area contributed by atoms with E-state index in [-0.39, 0.29) is 5.97 Å². The molecule has 3 rings (SSSR count). The van der Waals surface area contributed by atoms with Gasteiger partial charge in [-0.15, -0.1) is 0 Å². The number of para-hydroxylation sites is 1. The molecule has 0 aliphatic carbocycles. The molecule has 4 nitrogen and oxygen atoms in total. The van der Waals surface area contributed by atoms with Crippen molar-refractivity contribution in [2.45, 2.75) is 20.3 Å². The number of esters is 1. The molecule has 1 aliphatic heterocycles. The Hall–Kier alpha value is -1.88. The highest BCUT2D eigenvalue weighted by atomic mass is 32.1. The molecule has 0 fully saturated rings. The standard InChI is InChI=1S/C16H18N2O2S/c1-10-8-12-6-4-5-7-13(12)18(9-10)16-17-11(2)14(21-16)15(19)20-3/h4-7,10H,8-9H2,1-3H3. The number of methoxy groups -OCH3 is 1. The minimum Gasteiger partial charge on any atom is -0.465 e. The van der Waals surface area contributed by atoms with E-state index < -0.39 is 0 Å². The molecule has 1 aromatic heterocycles. The predicted molar refractivity (Wildman–Crippen MR) is 84.5 cm³/mol. The monoisotopic (exact) mass is 302 g/mol. The Balaban J connectivity index is 2.03. The van der Waals surface area contributed by atoms with Crippen LogP contribution in [0.1, 0.15) is 27.9 Å². The molecule has 0 radical (unpaired) electrons. The van der Waals surface area contributed by atoms with Gasteiger partial charge in [-0.3, -0.25) is 0 Å². The fourth-order valence-corrected chi connectivity index (χ4v) is 3.77. The van der Waals surface area contributed by atoms with Gasteiger partial charge in [0.15, 0.2) is 5.13 Å². The lowest BCUT2D eigenvalue weighted by Crippen LogP contribution is -2.30. The molecule has 2 aromatic rings. The number of hydrogen-bond acceptors (Lipinski definition) is 5. The number of thiazole rings is 1. The lowest BCUT2D eigenvalue weighted by Gasteiger charge is -2.32. The Bertz CT molecular complexity index is 681. The van der Waals surface area contributed by atoms with Gasteiger partial charge in [-0.25, -0.2) is 9.78 Å². The van der Waals surface area contributed by atoms with Gasteiger partial charge in [-0.1, -0.05) is 36.5 Å². The first kappa shape index (κ1) is 14.1. The Kier molecular flexibility index (Phi) is 3.68. The minimum absolute atomic E-state index is 0.311. The number of anilines is 2. The molecule has 1 aromatic carbocycles. The highest BCUT2D eigenvalue weighted by Crippen LogP contribution is 2.38. The summed E-state index contributed by atoms with van der Waals surface area (Å²) in [5.41, 5.74) is 3.27. The summed E-state index contributed by atoms with van der Waals surface area (Å²) in [6, 6.07) is 8.40. The van der Waals surface area contributed by atoms with E-state index in [9.17, 15) is 4.79 Å². The summed E-state index contributed by atoms with van der Waals surface area (Å²) in [6.45, 7) is 5.01. The summed E-state index contributed by atoms with van der Waals surface area (Å²) < 4.78 is 4.82. The van der Waals surface area contributed by atoms with E-state index in [2.05, 4.69) is 35.0 Å². The average Bonchev–Trinajstić information content (AvgIpc) is 2.87. The molecule has 2 heterocycles. The second-order valence-electron chi connectivity index (χ2n) is 5.45. The molecular formula is C16H18N2O2S. The van der Waals surface area contributed by atoms with Gasteiger partial charge < -0.3 is 9.64 Å². The lowest BCUT2D eigenvalue weighted by atomic mass is 9.94. The van der Waals surface area contributed by atoms with Crippen molar-refractivity contribution >= 4 is 28.1 Å². The number of rotatable bonds is 2. The van der Waals surface area contributed by atoms with Gasteiger partial charge in [0, 0.05) is 12.2 Å². The predicted octanol–water partition coefficient (Wildman–Crippen LogP) is 3.57. The van der Waals surface area contributed by atoms with Gasteiger partial charge in [-0.2, -0.15) is 0 Å². The first-order chi connectivity index (χ1) is 10.1. The van der Waals surface area contributed by atoms with Gasteiger partial charge in [0.2, 0.25) is 0 Å². The van der Waals surface area contributed by atoms with Crippen molar-refractivity contribution < 1.29 is 9.53 Å². The molecule has 0 saturated heterocycles. The first-order valence-electron chi connectivity index (χ1n) is 7.01. The number of ether oxygens (including phenoxy) is 1. The number of aromatic nitrogens is 1. The second kappa shape index (κ2) is 5.48. The maximum atomic E-state index is 11.8. The van der Waals surface area contributed by atoms with Gasteiger partial charge in [0.05, 0.1) is 12.8 Å². The Labute approximate surface area is 128 Å². The summed E-state index contributed by atoms with van der Waals surface area (Å²) in [4.78, 5) is 19.2. The third-order valence-corrected chi connectivity index (χ3v) is 4.89. The zero-order valence-electron chi connectivity index (χ0n) is 12.4. The zero-order valence-corrected chi connectivity index (χ0v) is 13.2. The average molecular weight is 302 g/mol. The van der Waals surface area contributed by atoms with Crippen LogP contribution in [0.15, 0.2) is 24.3 Å². The van der Waals surface area contributed by atoms with E-state index in [1.807, 2.05) is 13.0 Å². The molecular weight excluding hydrogens is 284 g/mol. The summed E-state index contributed by atoms with van der Waals surface area (Å²) in [5.74, 6) is 0.250. The molecule has 21 heavy (non-hydrogen) atoms. The highest BCUT2D eigenvalue weighted by molar-refractivity contribution is 7.17. The Morgan fingerprint density at radius 3 is 2.95 bits per heavy atom. The topological polar surface area (TPSA) is 42.4 Å². The number of hydrogen-bond donors (Lipinski definition) is 0. The van der Waals surface area contributed by atoms with Gasteiger partial charge in [-0.05, 0) is 30.9 Å². The fourth-order valence-electron chi connectivity index (χ4n) is 2.76. The van der Waals surface area contributed by atoms with Crippen molar-refractivity contribution in [1.82, 2.24) is 4.98 Å². The quantitative estimate of drug-likeness (QED) is 0.795. The van der Waals surface area contributed by atoms with Crippen molar-refractivity contribution in [2.75, 3.05) is 18.6 Å². The largest absolute Gasteiger partial charge is 0.465 e. The number of benzene rings is 1. The maximum absolute atomic E-state index is 11.8. The van der Waals surface area contributed by atoms with Crippen LogP contribution in [0, 0.1) is 12.8 Å². The summed E-state index contributed by atoms with van der Waals surface area (Å²) in [6.07, 6.45) is 1.08. The number of carbonyl (C=O) groups is 1. The second-order valence-corrected chi connectivity index (χ2v) is 6.43. The summed E-state index contributed by atoms with van der Waals surface area (Å²) in [5, 5.41) is 0.868. The molecule has 110 valence electrons. The number of carbonyl (C=O) groups excluding carboxylic acids is 1. The van der Waals surface area contributed by atoms with E-state index in [4.69, 9.17) is 4.74 Å². The van der Waals surface area contributed by atoms with E-state index in [1.165, 1.54) is 29.7 Å². The summed E-state index contributed by atoms with van der Waals surface area (Å²) in [7, 11) is 1.40. The maximum Gasteiger partial charge on any atom is 0.350 e. The van der Waals surface area contributed by atoms with E-state index in [0.717, 1.165) is 23.8 Å². The smallest absolute Gasteiger partial charge is 0.350 e. The van der Waals surface area contributed by atoms with Crippen LogP contribution in [-0.2, 0) is 11.2 Å². The normalized spacial score (nSPS) is 17.5. The number of aryl methyl sites for hydroxylation is 1. The van der Waals surface area contributed by atoms with Gasteiger partial charge in [0.1, 0.15) is 4.88 Å². The minimum atomic E-state index is -0.311. The van der Waals surface area contributed by atoms with Crippen LogP contribution in [0.2, 0.25) is 0 Å². The van der Waals surface area contributed by atoms with E-state index in [0.29, 0.717) is 10.8 Å². The molecule has 1 unspecified atom stereocenters. The van der Waals surface area contributed by atoms with Crippen LogP contribution in [0.3, 0.4) is 0 Å². The van der Waals surface area contributed by atoms with Crippen LogP contribution < -0.4 is 4.90 Å². The highest BCUT2D eigenvalue weighted by Gasteiger charge is 2.26. The fraction of sp³-hybridized carbons (Fsp3) is 0.375. The Morgan fingerprint density at radius 1 is 1.43 bits per heavy atom. The van der Waals surface area contributed by atoms with Crippen LogP contribution in [0.25, 0.3) is 0 Å². The summed E-state index contributed by atoms with van der Waals surface area (Å²) >= 11 is 1.40. The van der Waals surface area contributed by atoms with Crippen LogP contribution in [-0.4, -0.2) is 24.6 Å². The molecule has 1 atom stereocenters. The van der Waals surface area contributed by atoms with Crippen molar-refractivity contribution in [2.24, 2.45) is 5.92 Å². The molecule has 0 N–H and O–H groups in total. The lowest BCUT2D eigenvalue weighted by molar-refractivity contribution is 0.0605. The SMILES string of the molecule is COC(=O)c1sc(N2CC(C)Cc3ccccc32)nc1C. The van der Waals surface area contributed by atoms with Gasteiger partial charge >= 0.3 is 5.97 Å². The third-order valence-electron chi connectivity index (χ3n) is 3.73.